The van der Waals surface area contributed by atoms with Gasteiger partial charge in [-0.25, -0.2) is 19.2 Å². The lowest BCUT2D eigenvalue weighted by atomic mass is 9.69. The molecule has 4 aliphatic rings. The number of pyridine rings is 2. The molecule has 4 heterocycles. The molecule has 9 nitrogen and oxygen atoms in total. The zero-order valence-electron chi connectivity index (χ0n) is 16.4. The standard InChI is InChI=1S/C21H19FN6O3/c22-21-6-14(7-21)28(19-16(21)2-1-12(10-29)26-19)20(31)27-18-5-17(11(8-23)9-24-18)25-13-3-15(30)4-13/h1-2,5,9-10,13-15,30H,3-4,6-7H2,(H2,24,25,27,31). The average Bonchev–Trinajstić information content (AvgIpc) is 2.71. The van der Waals surface area contributed by atoms with Gasteiger partial charge in [-0.15, -0.1) is 0 Å². The number of rotatable bonds is 4. The molecule has 2 aromatic rings. The Morgan fingerprint density at radius 1 is 1.39 bits per heavy atom. The number of carbonyl (C=O) groups is 2. The number of hydrogen-bond donors (Lipinski definition) is 3. The largest absolute Gasteiger partial charge is 0.393 e. The second kappa shape index (κ2) is 6.99. The van der Waals surface area contributed by atoms with Crippen LogP contribution >= 0.6 is 0 Å². The maximum atomic E-state index is 15.0. The van der Waals surface area contributed by atoms with Crippen molar-refractivity contribution in [3.05, 3.63) is 41.2 Å². The number of aromatic nitrogens is 2. The number of anilines is 3. The van der Waals surface area contributed by atoms with Crippen LogP contribution in [0.25, 0.3) is 0 Å². The van der Waals surface area contributed by atoms with Crippen molar-refractivity contribution in [1.82, 2.24) is 9.97 Å². The first kappa shape index (κ1) is 19.4. The molecule has 158 valence electrons. The first-order valence-electron chi connectivity index (χ1n) is 10.0. The van der Waals surface area contributed by atoms with Crippen LogP contribution < -0.4 is 15.5 Å². The Bertz CT molecular complexity index is 1120. The smallest absolute Gasteiger partial charge is 0.328 e. The van der Waals surface area contributed by atoms with Gasteiger partial charge in [0.25, 0.3) is 0 Å². The van der Waals surface area contributed by atoms with Gasteiger partial charge in [-0.05, 0) is 25.0 Å². The van der Waals surface area contributed by atoms with E-state index >= 15 is 0 Å². The molecule has 6 rings (SSSR count). The van der Waals surface area contributed by atoms with Crippen molar-refractivity contribution < 1.29 is 19.1 Å². The molecular formula is C21H19FN6O3. The molecule has 2 aromatic heterocycles. The number of aliphatic hydroxyl groups is 1. The Labute approximate surface area is 176 Å². The lowest BCUT2D eigenvalue weighted by Crippen LogP contribution is -2.60. The summed E-state index contributed by atoms with van der Waals surface area (Å²) in [7, 11) is 0. The zero-order valence-corrected chi connectivity index (χ0v) is 16.4. The van der Waals surface area contributed by atoms with Crippen LogP contribution in [0.15, 0.2) is 24.4 Å². The van der Waals surface area contributed by atoms with Gasteiger partial charge in [0.2, 0.25) is 0 Å². The number of nitrogens with one attached hydrogen (secondary N) is 2. The predicted octanol–water partition coefficient (Wildman–Crippen LogP) is 2.48. The summed E-state index contributed by atoms with van der Waals surface area (Å²) >= 11 is 0. The SMILES string of the molecule is N#Cc1cnc(NC(=O)N2c3nc(C=O)ccc3C3(F)CC2C3)cc1NC1CC(O)C1. The van der Waals surface area contributed by atoms with E-state index in [1.807, 2.05) is 0 Å². The maximum Gasteiger partial charge on any atom is 0.328 e. The molecule has 0 aromatic carbocycles. The summed E-state index contributed by atoms with van der Waals surface area (Å²) in [6.45, 7) is 0. The van der Waals surface area contributed by atoms with Crippen LogP contribution in [0.2, 0.25) is 0 Å². The van der Waals surface area contributed by atoms with Gasteiger partial charge in [-0.1, -0.05) is 0 Å². The summed E-state index contributed by atoms with van der Waals surface area (Å²) in [5, 5.41) is 24.7. The number of urea groups is 1. The second-order valence-corrected chi connectivity index (χ2v) is 8.25. The van der Waals surface area contributed by atoms with Crippen LogP contribution in [0.4, 0.5) is 26.5 Å². The first-order chi connectivity index (χ1) is 14.9. The number of hydrogen-bond acceptors (Lipinski definition) is 7. The summed E-state index contributed by atoms with van der Waals surface area (Å²) in [6, 6.07) is 5.71. The molecular weight excluding hydrogens is 403 g/mol. The topological polar surface area (TPSA) is 131 Å². The molecule has 2 fully saturated rings. The molecule has 0 saturated heterocycles. The first-order valence-corrected chi connectivity index (χ1v) is 10.0. The number of carbonyl (C=O) groups excluding carboxylic acids is 2. The molecule has 31 heavy (non-hydrogen) atoms. The fourth-order valence-electron chi connectivity index (χ4n) is 4.41. The fourth-order valence-corrected chi connectivity index (χ4v) is 4.41. The van der Waals surface area contributed by atoms with Gasteiger partial charge in [0.1, 0.15) is 29.1 Å². The highest BCUT2D eigenvalue weighted by atomic mass is 19.1. The number of halogens is 1. The van der Waals surface area contributed by atoms with Crippen LogP contribution in [0.1, 0.15) is 47.3 Å². The van der Waals surface area contributed by atoms with E-state index in [0.29, 0.717) is 35.9 Å². The van der Waals surface area contributed by atoms with Gasteiger partial charge >= 0.3 is 6.03 Å². The number of amides is 2. The quantitative estimate of drug-likeness (QED) is 0.645. The molecule has 0 spiro atoms. The van der Waals surface area contributed by atoms with Gasteiger partial charge in [0.15, 0.2) is 6.29 Å². The maximum absolute atomic E-state index is 15.0. The highest BCUT2D eigenvalue weighted by molar-refractivity contribution is 6.03. The molecule has 2 aliphatic heterocycles. The van der Waals surface area contributed by atoms with E-state index in [2.05, 4.69) is 26.7 Å². The van der Waals surface area contributed by atoms with Crippen molar-refractivity contribution in [3.63, 3.8) is 0 Å². The lowest BCUT2D eigenvalue weighted by molar-refractivity contribution is 0.0284. The highest BCUT2D eigenvalue weighted by Gasteiger charge is 2.57. The van der Waals surface area contributed by atoms with Gasteiger partial charge in [0.05, 0.1) is 17.4 Å². The van der Waals surface area contributed by atoms with E-state index in [9.17, 15) is 24.3 Å². The number of aldehydes is 1. The Kier molecular flexibility index (Phi) is 4.37. The molecule has 2 amide bonds. The van der Waals surface area contributed by atoms with Crippen LogP contribution in [-0.4, -0.2) is 45.6 Å². The Balaban J connectivity index is 1.40. The minimum Gasteiger partial charge on any atom is -0.393 e. The lowest BCUT2D eigenvalue weighted by Gasteiger charge is -2.52. The number of alkyl halides is 1. The Morgan fingerprint density at radius 2 is 2.16 bits per heavy atom. The van der Waals surface area contributed by atoms with Gasteiger partial charge in [0, 0.05) is 42.8 Å². The van der Waals surface area contributed by atoms with E-state index in [1.165, 1.54) is 23.2 Å². The number of aliphatic hydroxyl groups excluding tert-OH is 1. The van der Waals surface area contributed by atoms with Crippen LogP contribution in [0.5, 0.6) is 0 Å². The van der Waals surface area contributed by atoms with E-state index in [1.54, 1.807) is 6.07 Å². The van der Waals surface area contributed by atoms with Crippen LogP contribution in [-0.2, 0) is 5.67 Å². The van der Waals surface area contributed by atoms with E-state index in [0.717, 1.165) is 0 Å². The average molecular weight is 422 g/mol. The Hall–Kier alpha value is -3.58. The van der Waals surface area contributed by atoms with E-state index < -0.39 is 11.7 Å². The molecule has 10 heteroatoms. The summed E-state index contributed by atoms with van der Waals surface area (Å²) in [6.07, 6.45) is 3.07. The molecule has 3 N–H and O–H groups in total. The normalized spacial score (nSPS) is 27.8. The van der Waals surface area contributed by atoms with Crippen molar-refractivity contribution in [3.8, 4) is 6.07 Å². The molecule has 2 bridgehead atoms. The van der Waals surface area contributed by atoms with Gasteiger partial charge in [-0.2, -0.15) is 5.26 Å². The molecule has 0 radical (unpaired) electrons. The fraction of sp³-hybridized carbons (Fsp3) is 0.381. The molecule has 0 unspecified atom stereocenters. The number of nitrogens with zero attached hydrogens (tertiary/aromatic N) is 4. The van der Waals surface area contributed by atoms with Gasteiger partial charge in [-0.3, -0.25) is 15.0 Å². The van der Waals surface area contributed by atoms with E-state index in [-0.39, 0.29) is 48.4 Å². The highest BCUT2D eigenvalue weighted by Crippen LogP contribution is 2.55. The van der Waals surface area contributed by atoms with Crippen molar-refractivity contribution in [2.24, 2.45) is 0 Å². The summed E-state index contributed by atoms with van der Waals surface area (Å²) in [4.78, 5) is 33.9. The monoisotopic (exact) mass is 422 g/mol. The third-order valence-corrected chi connectivity index (χ3v) is 6.16. The zero-order chi connectivity index (χ0) is 21.8. The Morgan fingerprint density at radius 3 is 2.84 bits per heavy atom. The molecule has 0 atom stereocenters. The second-order valence-electron chi connectivity index (χ2n) is 8.25. The van der Waals surface area contributed by atoms with Crippen LogP contribution in [0.3, 0.4) is 0 Å². The summed E-state index contributed by atoms with van der Waals surface area (Å²) in [5.41, 5.74) is -0.276. The third kappa shape index (κ3) is 3.18. The third-order valence-electron chi connectivity index (χ3n) is 6.16. The van der Waals surface area contributed by atoms with Crippen molar-refractivity contribution >= 4 is 29.6 Å². The van der Waals surface area contributed by atoms with Crippen LogP contribution in [0, 0.1) is 11.3 Å². The predicted molar refractivity (Wildman–Crippen MR) is 109 cm³/mol. The molecule has 2 saturated carbocycles. The summed E-state index contributed by atoms with van der Waals surface area (Å²) in [5.74, 6) is 0.360. The minimum atomic E-state index is -1.53. The number of nitriles is 1. The molecule has 2 aliphatic carbocycles. The van der Waals surface area contributed by atoms with E-state index in [4.69, 9.17) is 0 Å². The van der Waals surface area contributed by atoms with Gasteiger partial charge < -0.3 is 10.4 Å². The van der Waals surface area contributed by atoms with Crippen molar-refractivity contribution in [2.45, 2.75) is 49.5 Å². The minimum absolute atomic E-state index is 0.0423. The van der Waals surface area contributed by atoms with Crippen molar-refractivity contribution in [1.29, 1.82) is 5.26 Å². The van der Waals surface area contributed by atoms with Crippen molar-refractivity contribution in [2.75, 3.05) is 15.5 Å². The summed E-state index contributed by atoms with van der Waals surface area (Å²) < 4.78 is 15.0.